The smallest absolute Gasteiger partial charge is 0.257 e. The fraction of sp³-hybridized carbons (Fsp3) is 0.0455. The van der Waals surface area contributed by atoms with Crippen LogP contribution in [0.4, 0.5) is 11.4 Å². The summed E-state index contributed by atoms with van der Waals surface area (Å²) in [6.45, 7) is 1.89. The van der Waals surface area contributed by atoms with Crippen LogP contribution >= 0.6 is 28.1 Å². The lowest BCUT2D eigenvalue weighted by Crippen LogP contribution is -2.34. The minimum Gasteiger partial charge on any atom is -0.332 e. The third-order valence-electron chi connectivity index (χ3n) is 4.12. The van der Waals surface area contributed by atoms with E-state index in [0.717, 1.165) is 10.0 Å². The van der Waals surface area contributed by atoms with E-state index < -0.39 is 0 Å². The number of amides is 2. The summed E-state index contributed by atoms with van der Waals surface area (Å²) >= 11 is 8.53. The number of nitrogens with one attached hydrogen (secondary N) is 3. The number of benzene rings is 3. The third kappa shape index (κ3) is 5.73. The molecule has 0 unspecified atom stereocenters. The summed E-state index contributed by atoms with van der Waals surface area (Å²) in [6.07, 6.45) is 0. The molecule has 29 heavy (non-hydrogen) atoms. The van der Waals surface area contributed by atoms with Crippen LogP contribution in [0.5, 0.6) is 0 Å². The number of rotatable bonds is 4. The molecule has 0 saturated carbocycles. The Bertz CT molecular complexity index is 1050. The van der Waals surface area contributed by atoms with Crippen molar-refractivity contribution in [2.45, 2.75) is 6.92 Å². The molecule has 0 spiro atoms. The van der Waals surface area contributed by atoms with Gasteiger partial charge in [-0.2, -0.15) is 0 Å². The van der Waals surface area contributed by atoms with Crippen LogP contribution in [0, 0.1) is 6.92 Å². The third-order valence-corrected chi connectivity index (χ3v) is 4.86. The zero-order chi connectivity index (χ0) is 20.8. The lowest BCUT2D eigenvalue weighted by molar-refractivity contribution is 0.0976. The number of thiocarbonyl (C=S) groups is 1. The van der Waals surface area contributed by atoms with Crippen molar-refractivity contribution < 1.29 is 9.59 Å². The molecule has 0 saturated heterocycles. The van der Waals surface area contributed by atoms with Gasteiger partial charge in [0.15, 0.2) is 5.11 Å². The molecule has 0 aliphatic rings. The van der Waals surface area contributed by atoms with E-state index in [0.29, 0.717) is 22.5 Å². The average Bonchev–Trinajstić information content (AvgIpc) is 2.70. The maximum absolute atomic E-state index is 12.4. The normalized spacial score (nSPS) is 10.1. The Balaban J connectivity index is 1.56. The molecule has 0 heterocycles. The molecule has 0 atom stereocenters. The molecule has 5 nitrogen and oxygen atoms in total. The minimum absolute atomic E-state index is 0.166. The number of aryl methyl sites for hydroxylation is 1. The molecule has 2 amide bonds. The maximum atomic E-state index is 12.4. The lowest BCUT2D eigenvalue weighted by Gasteiger charge is -2.11. The van der Waals surface area contributed by atoms with Gasteiger partial charge in [0.2, 0.25) is 0 Å². The van der Waals surface area contributed by atoms with Gasteiger partial charge in [0.1, 0.15) is 0 Å². The van der Waals surface area contributed by atoms with Crippen LogP contribution in [0.2, 0.25) is 0 Å². The Morgan fingerprint density at radius 1 is 0.793 bits per heavy atom. The Morgan fingerprint density at radius 3 is 2.00 bits per heavy atom. The molecule has 3 aromatic carbocycles. The molecule has 0 radical (unpaired) electrons. The van der Waals surface area contributed by atoms with E-state index in [-0.39, 0.29) is 16.9 Å². The summed E-state index contributed by atoms with van der Waals surface area (Å²) in [6, 6.07) is 21.4. The fourth-order valence-corrected chi connectivity index (χ4v) is 3.08. The summed E-state index contributed by atoms with van der Waals surface area (Å²) in [5.74, 6) is -0.460. The van der Waals surface area contributed by atoms with Gasteiger partial charge in [0, 0.05) is 27.0 Å². The van der Waals surface area contributed by atoms with Crippen molar-refractivity contribution in [1.29, 1.82) is 0 Å². The van der Waals surface area contributed by atoms with E-state index >= 15 is 0 Å². The highest BCUT2D eigenvalue weighted by Gasteiger charge is 2.10. The summed E-state index contributed by atoms with van der Waals surface area (Å²) in [7, 11) is 0. The summed E-state index contributed by atoms with van der Waals surface area (Å²) in [5, 5.41) is 8.64. The van der Waals surface area contributed by atoms with E-state index in [1.54, 1.807) is 54.6 Å². The molecule has 146 valence electrons. The van der Waals surface area contributed by atoms with Crippen LogP contribution in [-0.2, 0) is 0 Å². The van der Waals surface area contributed by atoms with Crippen molar-refractivity contribution in [2.24, 2.45) is 0 Å². The number of hydrogen-bond donors (Lipinski definition) is 3. The van der Waals surface area contributed by atoms with Crippen molar-refractivity contribution >= 4 is 56.4 Å². The van der Waals surface area contributed by atoms with Gasteiger partial charge >= 0.3 is 0 Å². The van der Waals surface area contributed by atoms with E-state index in [1.165, 1.54) is 0 Å². The second kappa shape index (κ2) is 9.45. The van der Waals surface area contributed by atoms with Crippen LogP contribution in [-0.4, -0.2) is 16.9 Å². The topological polar surface area (TPSA) is 70.2 Å². The van der Waals surface area contributed by atoms with Crippen molar-refractivity contribution in [3.8, 4) is 0 Å². The van der Waals surface area contributed by atoms with Crippen LogP contribution in [0.15, 0.2) is 77.3 Å². The summed E-state index contributed by atoms with van der Waals surface area (Å²) in [4.78, 5) is 24.6. The zero-order valence-electron chi connectivity index (χ0n) is 15.5. The second-order valence-corrected chi connectivity index (χ2v) is 7.59. The van der Waals surface area contributed by atoms with Crippen molar-refractivity contribution in [1.82, 2.24) is 5.32 Å². The molecule has 3 rings (SSSR count). The number of hydrogen-bond acceptors (Lipinski definition) is 3. The Labute approximate surface area is 182 Å². The standard InChI is InChI=1S/C22H18BrN3O2S/c1-14-4-2-3-5-19(14)21(28)24-17-10-12-18(13-11-17)25-22(29)26-20(27)15-6-8-16(23)9-7-15/h2-13H,1H3,(H,24,28)(H2,25,26,27,29). The predicted octanol–water partition coefficient (Wildman–Crippen LogP) is 5.14. The molecule has 7 heteroatoms. The highest BCUT2D eigenvalue weighted by atomic mass is 79.9. The molecular weight excluding hydrogens is 450 g/mol. The van der Waals surface area contributed by atoms with Gasteiger partial charge in [-0.15, -0.1) is 0 Å². The van der Waals surface area contributed by atoms with E-state index in [9.17, 15) is 9.59 Å². The summed E-state index contributed by atoms with van der Waals surface area (Å²) in [5.41, 5.74) is 3.40. The van der Waals surface area contributed by atoms with Gasteiger partial charge in [-0.3, -0.25) is 14.9 Å². The fourth-order valence-electron chi connectivity index (χ4n) is 2.60. The van der Waals surface area contributed by atoms with Crippen molar-refractivity contribution in [2.75, 3.05) is 10.6 Å². The largest absolute Gasteiger partial charge is 0.332 e. The van der Waals surface area contributed by atoms with Crippen LogP contribution in [0.3, 0.4) is 0 Å². The number of anilines is 2. The quantitative estimate of drug-likeness (QED) is 0.464. The van der Waals surface area contributed by atoms with Gasteiger partial charge in [0.25, 0.3) is 11.8 Å². The second-order valence-electron chi connectivity index (χ2n) is 6.26. The molecule has 3 aromatic rings. The van der Waals surface area contributed by atoms with Gasteiger partial charge in [-0.05, 0) is 79.3 Å². The molecular formula is C22H18BrN3O2S. The maximum Gasteiger partial charge on any atom is 0.257 e. The highest BCUT2D eigenvalue weighted by Crippen LogP contribution is 2.16. The zero-order valence-corrected chi connectivity index (χ0v) is 17.9. The Morgan fingerprint density at radius 2 is 1.38 bits per heavy atom. The molecule has 0 aromatic heterocycles. The average molecular weight is 468 g/mol. The van der Waals surface area contributed by atoms with Crippen molar-refractivity contribution in [3.05, 3.63) is 94.0 Å². The SMILES string of the molecule is Cc1ccccc1C(=O)Nc1ccc(NC(=S)NC(=O)c2ccc(Br)cc2)cc1. The molecule has 0 bridgehead atoms. The van der Waals surface area contributed by atoms with Crippen LogP contribution in [0.25, 0.3) is 0 Å². The first-order valence-electron chi connectivity index (χ1n) is 8.77. The van der Waals surface area contributed by atoms with Crippen LogP contribution < -0.4 is 16.0 Å². The first-order chi connectivity index (χ1) is 13.9. The van der Waals surface area contributed by atoms with E-state index in [4.69, 9.17) is 12.2 Å². The Kier molecular flexibility index (Phi) is 6.74. The van der Waals surface area contributed by atoms with Gasteiger partial charge in [-0.25, -0.2) is 0 Å². The molecule has 3 N–H and O–H groups in total. The first-order valence-corrected chi connectivity index (χ1v) is 9.97. The predicted molar refractivity (Wildman–Crippen MR) is 123 cm³/mol. The minimum atomic E-state index is -0.294. The van der Waals surface area contributed by atoms with Gasteiger partial charge in [0.05, 0.1) is 0 Å². The number of carbonyl (C=O) groups is 2. The van der Waals surface area contributed by atoms with E-state index in [2.05, 4.69) is 31.9 Å². The summed E-state index contributed by atoms with van der Waals surface area (Å²) < 4.78 is 0.893. The van der Waals surface area contributed by atoms with Gasteiger partial charge in [-0.1, -0.05) is 34.1 Å². The number of carbonyl (C=O) groups excluding carboxylic acids is 2. The first kappa shape index (κ1) is 20.7. The van der Waals surface area contributed by atoms with Crippen LogP contribution in [0.1, 0.15) is 26.3 Å². The highest BCUT2D eigenvalue weighted by molar-refractivity contribution is 9.10. The Hall–Kier alpha value is -3.03. The van der Waals surface area contributed by atoms with E-state index in [1.807, 2.05) is 25.1 Å². The van der Waals surface area contributed by atoms with Gasteiger partial charge < -0.3 is 10.6 Å². The molecule has 0 fully saturated rings. The molecule has 0 aliphatic carbocycles. The number of halogens is 1. The monoisotopic (exact) mass is 467 g/mol. The van der Waals surface area contributed by atoms with Crippen molar-refractivity contribution in [3.63, 3.8) is 0 Å². The lowest BCUT2D eigenvalue weighted by atomic mass is 10.1. The molecule has 0 aliphatic heterocycles.